The Kier molecular flexibility index (Phi) is 4.98. The summed E-state index contributed by atoms with van der Waals surface area (Å²) in [6.45, 7) is 3.56. The average molecular weight is 421 g/mol. The lowest BCUT2D eigenvalue weighted by atomic mass is 10.1. The van der Waals surface area contributed by atoms with Crippen molar-refractivity contribution >= 4 is 29.6 Å². The average Bonchev–Trinajstić information content (AvgIpc) is 2.99. The van der Waals surface area contributed by atoms with Gasteiger partial charge in [-0.3, -0.25) is 14.9 Å². The maximum atomic E-state index is 14.2. The SMILES string of the molecule is Cc1cc(/C=C2\C(=O)NC(=O)N(c3ccccc3F)C2=O)c(C)n1-c1cccc(F)c1. The van der Waals surface area contributed by atoms with E-state index in [9.17, 15) is 23.2 Å². The molecule has 0 bridgehead atoms. The Hall–Kier alpha value is -4.07. The molecule has 0 saturated carbocycles. The van der Waals surface area contributed by atoms with Crippen LogP contribution >= 0.6 is 0 Å². The third-order valence-electron chi connectivity index (χ3n) is 5.03. The lowest BCUT2D eigenvalue weighted by Crippen LogP contribution is -2.54. The van der Waals surface area contributed by atoms with Gasteiger partial charge in [-0.05, 0) is 61.9 Å². The summed E-state index contributed by atoms with van der Waals surface area (Å²) in [7, 11) is 0. The van der Waals surface area contributed by atoms with Crippen LogP contribution in [0.4, 0.5) is 19.3 Å². The minimum atomic E-state index is -1.03. The zero-order valence-electron chi connectivity index (χ0n) is 16.6. The van der Waals surface area contributed by atoms with E-state index >= 15 is 0 Å². The van der Waals surface area contributed by atoms with Gasteiger partial charge >= 0.3 is 6.03 Å². The molecular weight excluding hydrogens is 404 g/mol. The van der Waals surface area contributed by atoms with Gasteiger partial charge in [0, 0.05) is 17.1 Å². The zero-order valence-corrected chi connectivity index (χ0v) is 16.6. The number of nitrogens with one attached hydrogen (secondary N) is 1. The Morgan fingerprint density at radius 3 is 2.39 bits per heavy atom. The number of aryl methyl sites for hydroxylation is 1. The molecule has 4 rings (SSSR count). The maximum absolute atomic E-state index is 14.2. The van der Waals surface area contributed by atoms with Crippen molar-refractivity contribution in [2.45, 2.75) is 13.8 Å². The number of aromatic nitrogens is 1. The molecule has 1 aliphatic heterocycles. The molecule has 4 amide bonds. The fourth-order valence-electron chi connectivity index (χ4n) is 3.61. The number of carbonyl (C=O) groups is 3. The third-order valence-corrected chi connectivity index (χ3v) is 5.03. The van der Waals surface area contributed by atoms with Gasteiger partial charge in [0.15, 0.2) is 0 Å². The van der Waals surface area contributed by atoms with Crippen molar-refractivity contribution in [3.63, 3.8) is 0 Å². The lowest BCUT2D eigenvalue weighted by molar-refractivity contribution is -0.122. The minimum absolute atomic E-state index is 0.256. The Bertz CT molecular complexity index is 1280. The van der Waals surface area contributed by atoms with E-state index in [-0.39, 0.29) is 11.3 Å². The van der Waals surface area contributed by atoms with E-state index in [1.54, 1.807) is 36.6 Å². The second-order valence-corrected chi connectivity index (χ2v) is 7.05. The predicted molar refractivity (Wildman–Crippen MR) is 111 cm³/mol. The van der Waals surface area contributed by atoms with Crippen molar-refractivity contribution in [2.75, 3.05) is 4.90 Å². The molecule has 0 unspecified atom stereocenters. The molecule has 6 nitrogen and oxygen atoms in total. The minimum Gasteiger partial charge on any atom is -0.318 e. The van der Waals surface area contributed by atoms with E-state index in [1.807, 2.05) is 0 Å². The highest BCUT2D eigenvalue weighted by Gasteiger charge is 2.38. The molecule has 2 aromatic carbocycles. The summed E-state index contributed by atoms with van der Waals surface area (Å²) in [6, 6.07) is 12.0. The first kappa shape index (κ1) is 20.2. The topological polar surface area (TPSA) is 71.4 Å². The molecule has 0 spiro atoms. The summed E-state index contributed by atoms with van der Waals surface area (Å²) >= 11 is 0. The number of urea groups is 1. The van der Waals surface area contributed by atoms with E-state index in [0.29, 0.717) is 21.8 Å². The molecule has 1 aromatic heterocycles. The first-order chi connectivity index (χ1) is 14.8. The largest absolute Gasteiger partial charge is 0.336 e. The maximum Gasteiger partial charge on any atom is 0.336 e. The molecule has 0 atom stereocenters. The summed E-state index contributed by atoms with van der Waals surface area (Å²) in [5, 5.41) is 2.07. The van der Waals surface area contributed by atoms with Crippen LogP contribution in [-0.4, -0.2) is 22.4 Å². The van der Waals surface area contributed by atoms with Crippen LogP contribution in [0.25, 0.3) is 11.8 Å². The van der Waals surface area contributed by atoms with Gasteiger partial charge in [-0.1, -0.05) is 18.2 Å². The second kappa shape index (κ2) is 7.64. The zero-order chi connectivity index (χ0) is 22.3. The quantitative estimate of drug-likeness (QED) is 0.513. The van der Waals surface area contributed by atoms with Crippen molar-refractivity contribution in [3.8, 4) is 5.69 Å². The number of nitrogens with zero attached hydrogens (tertiary/aromatic N) is 2. The number of hydrogen-bond donors (Lipinski definition) is 1. The van der Waals surface area contributed by atoms with Crippen molar-refractivity contribution in [2.24, 2.45) is 0 Å². The van der Waals surface area contributed by atoms with Crippen molar-refractivity contribution in [1.29, 1.82) is 0 Å². The Morgan fingerprint density at radius 2 is 1.68 bits per heavy atom. The van der Waals surface area contributed by atoms with Crippen LogP contribution in [0.15, 0.2) is 60.2 Å². The van der Waals surface area contributed by atoms with Gasteiger partial charge in [0.05, 0.1) is 5.69 Å². The molecule has 1 fully saturated rings. The molecule has 31 heavy (non-hydrogen) atoms. The van der Waals surface area contributed by atoms with Gasteiger partial charge in [-0.2, -0.15) is 0 Å². The molecular formula is C23H17F2N3O3. The number of anilines is 1. The van der Waals surface area contributed by atoms with Gasteiger partial charge in [-0.15, -0.1) is 0 Å². The van der Waals surface area contributed by atoms with Crippen molar-refractivity contribution < 1.29 is 23.2 Å². The van der Waals surface area contributed by atoms with E-state index in [2.05, 4.69) is 5.32 Å². The van der Waals surface area contributed by atoms with Crippen LogP contribution in [0, 0.1) is 25.5 Å². The normalized spacial score (nSPS) is 15.5. The molecule has 1 aliphatic rings. The molecule has 1 saturated heterocycles. The van der Waals surface area contributed by atoms with Crippen molar-refractivity contribution in [1.82, 2.24) is 9.88 Å². The Morgan fingerprint density at radius 1 is 0.935 bits per heavy atom. The molecule has 1 N–H and O–H groups in total. The van der Waals surface area contributed by atoms with E-state index in [4.69, 9.17) is 0 Å². The van der Waals surface area contributed by atoms with Gasteiger partial charge < -0.3 is 4.57 Å². The van der Waals surface area contributed by atoms with Gasteiger partial charge in [0.25, 0.3) is 11.8 Å². The highest BCUT2D eigenvalue weighted by atomic mass is 19.1. The molecule has 0 radical (unpaired) electrons. The molecule has 0 aliphatic carbocycles. The monoisotopic (exact) mass is 421 g/mol. The molecule has 156 valence electrons. The van der Waals surface area contributed by atoms with Gasteiger partial charge in [0.2, 0.25) is 0 Å². The first-order valence-corrected chi connectivity index (χ1v) is 9.39. The van der Waals surface area contributed by atoms with Crippen LogP contribution in [0.2, 0.25) is 0 Å². The summed E-state index contributed by atoms with van der Waals surface area (Å²) < 4.78 is 29.7. The Balaban J connectivity index is 1.79. The van der Waals surface area contributed by atoms with Crippen LogP contribution in [0.1, 0.15) is 17.0 Å². The van der Waals surface area contributed by atoms with E-state index in [0.717, 1.165) is 11.8 Å². The predicted octanol–water partition coefficient (Wildman–Crippen LogP) is 4.04. The van der Waals surface area contributed by atoms with Crippen LogP contribution in [0.5, 0.6) is 0 Å². The number of amides is 4. The summed E-state index contributed by atoms with van der Waals surface area (Å²) in [6.07, 6.45) is 1.34. The van der Waals surface area contributed by atoms with Gasteiger partial charge in [0.1, 0.15) is 17.2 Å². The number of carbonyl (C=O) groups excluding carboxylic acids is 3. The first-order valence-electron chi connectivity index (χ1n) is 9.39. The van der Waals surface area contributed by atoms with Crippen LogP contribution in [0.3, 0.4) is 0 Å². The van der Waals surface area contributed by atoms with E-state index in [1.165, 1.54) is 36.4 Å². The van der Waals surface area contributed by atoms with Gasteiger partial charge in [-0.25, -0.2) is 18.5 Å². The third kappa shape index (κ3) is 3.52. The number of barbiturate groups is 1. The lowest BCUT2D eigenvalue weighted by Gasteiger charge is -2.26. The van der Waals surface area contributed by atoms with Crippen molar-refractivity contribution in [3.05, 3.63) is 88.8 Å². The summed E-state index contributed by atoms with van der Waals surface area (Å²) in [5.41, 5.74) is 1.95. The summed E-state index contributed by atoms with van der Waals surface area (Å²) in [4.78, 5) is 38.2. The van der Waals surface area contributed by atoms with Crippen LogP contribution in [-0.2, 0) is 9.59 Å². The number of imide groups is 2. The van der Waals surface area contributed by atoms with E-state index < -0.39 is 29.5 Å². The Labute approximate surface area is 176 Å². The number of para-hydroxylation sites is 1. The number of halogens is 2. The number of benzene rings is 2. The number of rotatable bonds is 3. The standard InChI is InChI=1S/C23H17F2N3O3/c1-13-10-15(14(2)27(13)17-7-5-6-16(24)12-17)11-18-21(29)26-23(31)28(22(18)30)20-9-4-3-8-19(20)25/h3-12H,1-2H3,(H,26,29,31)/b18-11+. The fraction of sp³-hybridized carbons (Fsp3) is 0.0870. The smallest absolute Gasteiger partial charge is 0.318 e. The fourth-order valence-corrected chi connectivity index (χ4v) is 3.61. The molecule has 3 aromatic rings. The second-order valence-electron chi connectivity index (χ2n) is 7.05. The van der Waals surface area contributed by atoms with Crippen LogP contribution < -0.4 is 10.2 Å². The molecule has 8 heteroatoms. The molecule has 2 heterocycles. The summed E-state index contributed by atoms with van der Waals surface area (Å²) in [5.74, 6) is -2.98. The highest BCUT2D eigenvalue weighted by molar-refractivity contribution is 6.39. The number of hydrogen-bond acceptors (Lipinski definition) is 3. The highest BCUT2D eigenvalue weighted by Crippen LogP contribution is 2.27.